The number of aromatic hydroxyl groups is 2. The first kappa shape index (κ1) is 36.7. The third kappa shape index (κ3) is 4.80. The third-order valence-electron chi connectivity index (χ3n) is 14.4. The number of esters is 1. The highest BCUT2D eigenvalue weighted by Gasteiger charge is 2.67. The van der Waals surface area contributed by atoms with E-state index >= 15 is 0 Å². The van der Waals surface area contributed by atoms with Crippen molar-refractivity contribution in [3.8, 4) is 40.2 Å². The minimum absolute atomic E-state index is 0.0160. The highest BCUT2D eigenvalue weighted by molar-refractivity contribution is 6.33. The summed E-state index contributed by atoms with van der Waals surface area (Å²) in [6.45, 7) is 16.2. The lowest BCUT2D eigenvalue weighted by molar-refractivity contribution is -0.213. The van der Waals surface area contributed by atoms with Crippen LogP contribution in [0.25, 0.3) is 0 Å². The molecule has 2 fully saturated rings. The zero-order valence-corrected chi connectivity index (χ0v) is 33.3. The van der Waals surface area contributed by atoms with Crippen molar-refractivity contribution in [3.05, 3.63) is 73.3 Å². The third-order valence-corrected chi connectivity index (χ3v) is 14.9. The van der Waals surface area contributed by atoms with E-state index in [0.717, 1.165) is 24.8 Å². The van der Waals surface area contributed by atoms with Crippen LogP contribution in [0.15, 0.2) is 23.8 Å². The number of ether oxygens (including phenoxy) is 5. The summed E-state index contributed by atoms with van der Waals surface area (Å²) in [4.78, 5) is 14.0. The molecule has 3 aromatic carbocycles. The van der Waals surface area contributed by atoms with E-state index in [9.17, 15) is 25.2 Å². The number of rotatable bonds is 2. The van der Waals surface area contributed by atoms with Crippen molar-refractivity contribution in [3.63, 3.8) is 0 Å². The molecule has 4 heterocycles. The second-order valence-corrected chi connectivity index (χ2v) is 18.2. The van der Waals surface area contributed by atoms with E-state index < -0.39 is 36.2 Å². The van der Waals surface area contributed by atoms with Gasteiger partial charge in [-0.25, -0.2) is 4.79 Å². The van der Waals surface area contributed by atoms with Crippen LogP contribution in [0.2, 0.25) is 5.02 Å². The number of benzene rings is 3. The van der Waals surface area contributed by atoms with Crippen molar-refractivity contribution in [1.82, 2.24) is 0 Å². The lowest BCUT2D eigenvalue weighted by Gasteiger charge is -2.64. The van der Waals surface area contributed by atoms with E-state index in [1.54, 1.807) is 19.9 Å². The number of allylic oxidation sites excluding steroid dienone is 2. The van der Waals surface area contributed by atoms with Gasteiger partial charge < -0.3 is 44.1 Å². The molecule has 6 aliphatic rings. The molecule has 2 aliphatic carbocycles. The van der Waals surface area contributed by atoms with Gasteiger partial charge in [0.05, 0.1) is 22.3 Å². The number of phenols is 2. The molecule has 4 aliphatic heterocycles. The van der Waals surface area contributed by atoms with Crippen LogP contribution >= 0.6 is 11.6 Å². The van der Waals surface area contributed by atoms with Crippen LogP contribution < -0.4 is 18.9 Å². The fraction of sp³-hybridized carbons (Fsp3) is 0.523. The van der Waals surface area contributed by atoms with Crippen LogP contribution in [0.5, 0.6) is 40.2 Å². The maximum Gasteiger partial charge on any atom is 0.347 e. The average Bonchev–Trinajstić information content (AvgIpc) is 3.48. The van der Waals surface area contributed by atoms with E-state index in [2.05, 4.69) is 27.7 Å². The molecule has 3 aromatic rings. The fourth-order valence-corrected chi connectivity index (χ4v) is 11.5. The van der Waals surface area contributed by atoms with Gasteiger partial charge in [-0.2, -0.15) is 0 Å². The smallest absolute Gasteiger partial charge is 0.347 e. The second-order valence-electron chi connectivity index (χ2n) is 17.8. The van der Waals surface area contributed by atoms with Gasteiger partial charge in [0, 0.05) is 40.2 Å². The number of aliphatic hydroxyl groups is 2. The molecular formula is C44H49ClO10. The summed E-state index contributed by atoms with van der Waals surface area (Å²) in [6, 6.07) is 3.00. The topological polar surface area (TPSA) is 144 Å². The van der Waals surface area contributed by atoms with Crippen LogP contribution in [0.4, 0.5) is 0 Å². The van der Waals surface area contributed by atoms with E-state index in [-0.39, 0.29) is 73.3 Å². The Morgan fingerprint density at radius 3 is 2.42 bits per heavy atom. The lowest BCUT2D eigenvalue weighted by atomic mass is 9.43. The Morgan fingerprint density at radius 1 is 0.945 bits per heavy atom. The Kier molecular flexibility index (Phi) is 8.02. The molecule has 0 radical (unpaired) electrons. The zero-order chi connectivity index (χ0) is 39.3. The summed E-state index contributed by atoms with van der Waals surface area (Å²) in [7, 11) is 0. The number of halogens is 1. The number of phenolic OH excluding ortho intramolecular Hbond substituents is 2. The molecule has 2 saturated carbocycles. The predicted molar refractivity (Wildman–Crippen MR) is 204 cm³/mol. The number of fused-ring (bicyclic) bond motifs is 13. The summed E-state index contributed by atoms with van der Waals surface area (Å²) in [6.07, 6.45) is 2.20. The highest BCUT2D eigenvalue weighted by atomic mass is 35.5. The largest absolute Gasteiger partial charge is 0.508 e. The van der Waals surface area contributed by atoms with Crippen molar-refractivity contribution >= 4 is 17.6 Å². The van der Waals surface area contributed by atoms with Crippen LogP contribution in [0.3, 0.4) is 0 Å². The average molecular weight is 773 g/mol. The number of hydrogen-bond acceptors (Lipinski definition) is 10. The normalized spacial score (nSPS) is 31.9. The molecule has 10 nitrogen and oxygen atoms in total. The Morgan fingerprint density at radius 2 is 1.69 bits per heavy atom. The van der Waals surface area contributed by atoms with Gasteiger partial charge in [-0.15, -0.1) is 0 Å². The van der Waals surface area contributed by atoms with E-state index in [0.29, 0.717) is 58.4 Å². The Balaban J connectivity index is 1.15. The summed E-state index contributed by atoms with van der Waals surface area (Å²) in [5.41, 5.74) is 3.03. The van der Waals surface area contributed by atoms with Gasteiger partial charge in [-0.1, -0.05) is 50.9 Å². The van der Waals surface area contributed by atoms with Crippen molar-refractivity contribution < 1.29 is 48.9 Å². The summed E-state index contributed by atoms with van der Waals surface area (Å²) >= 11 is 7.06. The van der Waals surface area contributed by atoms with Gasteiger partial charge in [0.1, 0.15) is 40.6 Å². The molecule has 55 heavy (non-hydrogen) atoms. The molecule has 0 amide bonds. The molecule has 9 rings (SSSR count). The zero-order valence-electron chi connectivity index (χ0n) is 32.6. The van der Waals surface area contributed by atoms with Gasteiger partial charge >= 0.3 is 5.97 Å². The molecule has 0 aromatic heterocycles. The van der Waals surface area contributed by atoms with Gasteiger partial charge in [0.15, 0.2) is 23.0 Å². The maximum absolute atomic E-state index is 14.0. The lowest BCUT2D eigenvalue weighted by Crippen LogP contribution is -2.66. The predicted octanol–water partition coefficient (Wildman–Crippen LogP) is 9.30. The first-order valence-corrected chi connectivity index (χ1v) is 19.8. The molecule has 2 bridgehead atoms. The molecule has 8 atom stereocenters. The number of aliphatic hydroxyl groups excluding tert-OH is 2. The Labute approximate surface area is 326 Å². The van der Waals surface area contributed by atoms with Crippen molar-refractivity contribution in [2.45, 2.75) is 124 Å². The van der Waals surface area contributed by atoms with Gasteiger partial charge in [-0.05, 0) is 88.7 Å². The van der Waals surface area contributed by atoms with Crippen LogP contribution in [0, 0.1) is 36.5 Å². The number of hydrogen-bond donors (Lipinski definition) is 4. The molecule has 11 heteroatoms. The molecule has 4 N–H and O–H groups in total. The van der Waals surface area contributed by atoms with Crippen LogP contribution in [-0.2, 0) is 17.6 Å². The first-order valence-electron chi connectivity index (χ1n) is 19.4. The molecule has 1 spiro atoms. The van der Waals surface area contributed by atoms with Crippen molar-refractivity contribution in [2.75, 3.05) is 0 Å². The molecular weight excluding hydrogens is 724 g/mol. The fourth-order valence-electron chi connectivity index (χ4n) is 11.2. The summed E-state index contributed by atoms with van der Waals surface area (Å²) in [5, 5.41) is 46.4. The summed E-state index contributed by atoms with van der Waals surface area (Å²) in [5.74, 6) is 0.558. The molecule has 292 valence electrons. The van der Waals surface area contributed by atoms with E-state index in [1.807, 2.05) is 19.9 Å². The number of carbonyl (C=O) groups excluding carboxylic acids is 1. The standard InChI is InChI=1S/C44H49ClO10/c1-18(2)9-11-22-20(4)35-27(16-26(22)47)51-37-30(40(50)52-35)21(5)33(45)38-32(37)39-34(49)23-15-25(46)24-17-44(55-36(24)31(23)41(53-38)54-39)19(3)10-12-28-42(6,7)29(48)13-14-43(28,44)8/h9,15-16,19,28-29,34,39,41,46-49H,10-14,17H2,1-8H3/t19-,28+,29-,34-,39+,41+,43+,44-/m1/s1. The minimum Gasteiger partial charge on any atom is -0.508 e. The summed E-state index contributed by atoms with van der Waals surface area (Å²) < 4.78 is 32.9. The van der Waals surface area contributed by atoms with Crippen LogP contribution in [0.1, 0.15) is 135 Å². The Hall–Kier alpha value is -3.96. The van der Waals surface area contributed by atoms with Crippen LogP contribution in [-0.4, -0.2) is 38.1 Å². The second kappa shape index (κ2) is 12.0. The monoisotopic (exact) mass is 772 g/mol. The van der Waals surface area contributed by atoms with Gasteiger partial charge in [-0.3, -0.25) is 0 Å². The molecule has 0 saturated heterocycles. The van der Waals surface area contributed by atoms with Crippen molar-refractivity contribution in [2.24, 2.45) is 22.7 Å². The Bertz CT molecular complexity index is 2240. The SMILES string of the molecule is CC(C)=CCc1c(O)cc2c(c1C)OC(=O)c1c(C)c(Cl)c3c(c1O2)[C@@H]1O[C@H](O3)c2c(cc(O)c3c2O[C@]2(C3)[C@H](C)CC[C@H]3C(C)(C)[C@H](O)CC[C@@]32C)[C@H]1O. The quantitative estimate of drug-likeness (QED) is 0.113. The van der Waals surface area contributed by atoms with E-state index in [4.69, 9.17) is 35.3 Å². The number of carbonyl (C=O) groups is 1. The minimum atomic E-state index is -1.35. The highest BCUT2D eigenvalue weighted by Crippen LogP contribution is 2.69. The molecule has 0 unspecified atom stereocenters. The van der Waals surface area contributed by atoms with Gasteiger partial charge in [0.25, 0.3) is 0 Å². The van der Waals surface area contributed by atoms with Gasteiger partial charge in [0.2, 0.25) is 6.29 Å². The maximum atomic E-state index is 14.0. The van der Waals surface area contributed by atoms with E-state index in [1.165, 1.54) is 6.07 Å². The van der Waals surface area contributed by atoms with Crippen molar-refractivity contribution in [1.29, 1.82) is 0 Å². The first-order chi connectivity index (χ1) is 25.9.